The smallest absolute Gasteiger partial charge is 0.254 e. The summed E-state index contributed by atoms with van der Waals surface area (Å²) in [5.41, 5.74) is 0. The van der Waals surface area contributed by atoms with Crippen LogP contribution in [-0.2, 0) is 15.8 Å². The molecule has 0 saturated carbocycles. The third-order valence-corrected chi connectivity index (χ3v) is 2.78. The summed E-state index contributed by atoms with van der Waals surface area (Å²) in [6, 6.07) is 0. The highest BCUT2D eigenvalue weighted by Gasteiger charge is 1.90. The first-order chi connectivity index (χ1) is 10.1. The molecular weight excluding hydrogens is 290 g/mol. The van der Waals surface area contributed by atoms with Gasteiger partial charge in [-0.25, -0.2) is 14.3 Å². The van der Waals surface area contributed by atoms with E-state index >= 15 is 0 Å². The first-order valence-electron chi connectivity index (χ1n) is 8.21. The van der Waals surface area contributed by atoms with E-state index in [9.17, 15) is 0 Å². The van der Waals surface area contributed by atoms with Crippen molar-refractivity contribution in [2.24, 2.45) is 5.90 Å². The monoisotopic (exact) mass is 327 g/mol. The van der Waals surface area contributed by atoms with Crippen LogP contribution in [0.1, 0.15) is 91.4 Å². The van der Waals surface area contributed by atoms with Gasteiger partial charge in [0.1, 0.15) is 0 Å². The second kappa shape index (κ2) is 28.1. The van der Waals surface area contributed by atoms with E-state index in [1.807, 2.05) is 6.92 Å². The molecule has 6 heteroatoms. The van der Waals surface area contributed by atoms with E-state index < -0.39 is 11.0 Å². The molecule has 0 bridgehead atoms. The molecule has 0 heterocycles. The molecule has 0 aliphatic carbocycles. The van der Waals surface area contributed by atoms with Gasteiger partial charge in [-0.15, -0.1) is 0 Å². The Morgan fingerprint density at radius 2 is 1.05 bits per heavy atom. The Labute approximate surface area is 133 Å². The van der Waals surface area contributed by atoms with Gasteiger partial charge >= 0.3 is 0 Å². The minimum atomic E-state index is -3.12. The molecule has 0 aromatic carbocycles. The van der Waals surface area contributed by atoms with Crippen molar-refractivity contribution in [3.63, 3.8) is 0 Å². The first-order valence-corrected chi connectivity index (χ1v) is 9.34. The van der Waals surface area contributed by atoms with Crippen LogP contribution in [0.15, 0.2) is 0 Å². The lowest BCUT2D eigenvalue weighted by molar-refractivity contribution is 0.138. The Bertz CT molecular complexity index is 204. The van der Waals surface area contributed by atoms with Crippen molar-refractivity contribution < 1.29 is 17.8 Å². The summed E-state index contributed by atoms with van der Waals surface area (Å²) < 4.78 is 24.2. The Morgan fingerprint density at radius 1 is 0.762 bits per heavy atom. The van der Waals surface area contributed by atoms with Crippen molar-refractivity contribution in [2.75, 3.05) is 6.61 Å². The molecule has 5 nitrogen and oxygen atoms in total. The molecule has 0 rings (SSSR count). The molecule has 0 unspecified atom stereocenters. The first kappa shape index (κ1) is 25.8. The summed E-state index contributed by atoms with van der Waals surface area (Å²) in [5, 5.41) is 0. The maximum absolute atomic E-state index is 8.59. The molecule has 0 aliphatic rings. The quantitative estimate of drug-likeness (QED) is 0.228. The number of hydrogen-bond donors (Lipinski definition) is 3. The van der Waals surface area contributed by atoms with Crippen LogP contribution in [0.25, 0.3) is 0 Å². The summed E-state index contributed by atoms with van der Waals surface area (Å²) >= 11 is 0. The molecule has 3 N–H and O–H groups in total. The number of unbranched alkanes of at least 4 members (excludes halogenated alkanes) is 9. The molecule has 0 amide bonds. The minimum absolute atomic E-state index is 0.667. The summed E-state index contributed by atoms with van der Waals surface area (Å²) in [6.07, 6.45) is 15.4. The second-order valence-electron chi connectivity index (χ2n) is 4.94. The van der Waals surface area contributed by atoms with Gasteiger partial charge in [-0.05, 0) is 6.42 Å². The fourth-order valence-electron chi connectivity index (χ4n) is 1.68. The average molecular weight is 328 g/mol. The lowest BCUT2D eigenvalue weighted by atomic mass is 10.1. The zero-order valence-corrected chi connectivity index (χ0v) is 15.1. The second-order valence-corrected chi connectivity index (χ2v) is 5.41. The van der Waals surface area contributed by atoms with Crippen molar-refractivity contribution in [1.82, 2.24) is 0 Å². The lowest BCUT2D eigenvalue weighted by Crippen LogP contribution is -1.97. The highest BCUT2D eigenvalue weighted by Crippen LogP contribution is 2.09. The Balaban J connectivity index is -0.000000297. The molecule has 0 spiro atoms. The molecule has 0 aromatic rings. The zero-order chi connectivity index (χ0) is 16.8. The minimum Gasteiger partial charge on any atom is -0.305 e. The SMILES string of the molecule is CCCCCCCCCCCC.CCCON.O=[SH](=O)O. The molecule has 21 heavy (non-hydrogen) atoms. The molecule has 0 aliphatic heterocycles. The van der Waals surface area contributed by atoms with Crippen LogP contribution in [0, 0.1) is 0 Å². The molecule has 0 aromatic heterocycles. The molecule has 0 saturated heterocycles. The zero-order valence-electron chi connectivity index (χ0n) is 14.2. The van der Waals surface area contributed by atoms with Crippen molar-refractivity contribution >= 4 is 11.0 Å². The number of nitrogens with two attached hydrogens (primary N) is 1. The fraction of sp³-hybridized carbons (Fsp3) is 1.00. The van der Waals surface area contributed by atoms with Crippen molar-refractivity contribution in [3.8, 4) is 0 Å². The van der Waals surface area contributed by atoms with Gasteiger partial charge in [0.2, 0.25) is 0 Å². The van der Waals surface area contributed by atoms with Gasteiger partial charge in [0, 0.05) is 0 Å². The Hall–Kier alpha value is -0.170. The van der Waals surface area contributed by atoms with Gasteiger partial charge < -0.3 is 4.84 Å². The number of thiol groups is 1. The molecule has 132 valence electrons. The lowest BCUT2D eigenvalue weighted by Gasteiger charge is -1.99. The summed E-state index contributed by atoms with van der Waals surface area (Å²) in [6.45, 7) is 7.23. The van der Waals surface area contributed by atoms with E-state index in [1.54, 1.807) is 0 Å². The standard InChI is InChI=1S/C12H26.C3H9NO.H2O3S/c1-3-5-7-9-11-12-10-8-6-4-2;1-2-3-5-4;1-4(2)3/h3-12H2,1-2H3;2-4H2,1H3;4H,(H,1,2,3). The van der Waals surface area contributed by atoms with Crippen LogP contribution >= 0.6 is 0 Å². The number of rotatable bonds is 11. The van der Waals surface area contributed by atoms with Gasteiger partial charge in [-0.2, -0.15) is 0 Å². The van der Waals surface area contributed by atoms with Gasteiger partial charge in [0.05, 0.1) is 6.61 Å². The van der Waals surface area contributed by atoms with E-state index in [0.29, 0.717) is 6.61 Å². The van der Waals surface area contributed by atoms with Gasteiger partial charge in [-0.1, -0.05) is 85.0 Å². The molecule has 0 fully saturated rings. The van der Waals surface area contributed by atoms with Crippen LogP contribution in [0.2, 0.25) is 0 Å². The van der Waals surface area contributed by atoms with E-state index in [0.717, 1.165) is 6.42 Å². The molecular formula is C15H37NO4S. The largest absolute Gasteiger partial charge is 0.305 e. The van der Waals surface area contributed by atoms with Crippen LogP contribution in [0.5, 0.6) is 0 Å². The van der Waals surface area contributed by atoms with Gasteiger partial charge in [0.15, 0.2) is 0 Å². The maximum Gasteiger partial charge on any atom is 0.254 e. The topological polar surface area (TPSA) is 89.6 Å². The Kier molecular flexibility index (Phi) is 34.4. The van der Waals surface area contributed by atoms with Crippen LogP contribution < -0.4 is 5.90 Å². The summed E-state index contributed by atoms with van der Waals surface area (Å²) in [4.78, 5) is 4.19. The van der Waals surface area contributed by atoms with Crippen LogP contribution in [-0.4, -0.2) is 19.6 Å². The van der Waals surface area contributed by atoms with E-state index in [4.69, 9.17) is 13.0 Å². The van der Waals surface area contributed by atoms with Crippen molar-refractivity contribution in [2.45, 2.75) is 91.4 Å². The number of hydrogen-bond acceptors (Lipinski definition) is 4. The molecule has 0 radical (unpaired) electrons. The predicted octanol–water partition coefficient (Wildman–Crippen LogP) is 4.28. The average Bonchev–Trinajstić information content (AvgIpc) is 2.43. The van der Waals surface area contributed by atoms with E-state index in [2.05, 4.69) is 24.6 Å². The van der Waals surface area contributed by atoms with E-state index in [1.165, 1.54) is 64.2 Å². The molecule has 0 atom stereocenters. The van der Waals surface area contributed by atoms with Crippen LogP contribution in [0.3, 0.4) is 0 Å². The third kappa shape index (κ3) is 53.7. The third-order valence-electron chi connectivity index (χ3n) is 2.78. The highest BCUT2D eigenvalue weighted by atomic mass is 32.2. The maximum atomic E-state index is 8.59. The highest BCUT2D eigenvalue weighted by molar-refractivity contribution is 7.66. The van der Waals surface area contributed by atoms with Crippen molar-refractivity contribution in [1.29, 1.82) is 0 Å². The normalized spacial score (nSPS) is 9.62. The van der Waals surface area contributed by atoms with Gasteiger partial charge in [0.25, 0.3) is 11.0 Å². The van der Waals surface area contributed by atoms with E-state index in [-0.39, 0.29) is 0 Å². The van der Waals surface area contributed by atoms with Crippen molar-refractivity contribution in [3.05, 3.63) is 0 Å². The Morgan fingerprint density at radius 3 is 1.19 bits per heavy atom. The fourth-order valence-corrected chi connectivity index (χ4v) is 1.68. The predicted molar refractivity (Wildman–Crippen MR) is 90.9 cm³/mol. The summed E-state index contributed by atoms with van der Waals surface area (Å²) in [7, 11) is -3.12. The van der Waals surface area contributed by atoms with Crippen LogP contribution in [0.4, 0.5) is 0 Å². The van der Waals surface area contributed by atoms with Gasteiger partial charge in [-0.3, -0.25) is 4.55 Å². The summed E-state index contributed by atoms with van der Waals surface area (Å²) in [5.74, 6) is 4.64.